The maximum absolute atomic E-state index is 13.5. The number of nitrogens with zero attached hydrogens (tertiary/aromatic N) is 1. The molecule has 1 aromatic rings. The smallest absolute Gasteiger partial charge is 0.157 e. The summed E-state index contributed by atoms with van der Waals surface area (Å²) < 4.78 is 18.8. The monoisotopic (exact) mass is 313 g/mol. The Kier molecular flexibility index (Phi) is 5.36. The molecule has 1 atom stereocenters. The van der Waals surface area contributed by atoms with Crippen LogP contribution in [0.4, 0.5) is 4.39 Å². The Labute approximate surface area is 130 Å². The van der Waals surface area contributed by atoms with Crippen molar-refractivity contribution in [3.8, 4) is 0 Å². The predicted molar refractivity (Wildman–Crippen MR) is 81.2 cm³/mol. The first-order valence-corrected chi connectivity index (χ1v) is 7.65. The summed E-state index contributed by atoms with van der Waals surface area (Å²) in [4.78, 5) is 14.9. The van der Waals surface area contributed by atoms with E-state index >= 15 is 0 Å². The maximum atomic E-state index is 13.5. The van der Waals surface area contributed by atoms with Crippen molar-refractivity contribution in [2.45, 2.75) is 32.2 Å². The second-order valence-corrected chi connectivity index (χ2v) is 5.98. The molecule has 0 radical (unpaired) electrons. The van der Waals surface area contributed by atoms with E-state index in [9.17, 15) is 9.18 Å². The number of ether oxygens (including phenoxy) is 1. The quantitative estimate of drug-likeness (QED) is 0.836. The molecule has 2 rings (SSSR count). The average molecular weight is 314 g/mol. The molecular weight excluding hydrogens is 293 g/mol. The van der Waals surface area contributed by atoms with Gasteiger partial charge in [-0.05, 0) is 31.0 Å². The largest absolute Gasteiger partial charge is 0.379 e. The standard InChI is InChI=1S/C16H21ClFNO2/c1-3-16(2,19-6-8-21-9-7-19)15(20)11-12-4-5-13(17)14(18)10-12/h4-5,10H,3,6-9,11H2,1-2H3. The van der Waals surface area contributed by atoms with Crippen LogP contribution in [-0.4, -0.2) is 42.5 Å². The number of morpholine rings is 1. The molecule has 0 bridgehead atoms. The maximum Gasteiger partial charge on any atom is 0.157 e. The van der Waals surface area contributed by atoms with Crippen LogP contribution < -0.4 is 0 Å². The fraction of sp³-hybridized carbons (Fsp3) is 0.562. The van der Waals surface area contributed by atoms with E-state index < -0.39 is 11.4 Å². The number of halogens is 2. The molecular formula is C16H21ClFNO2. The van der Waals surface area contributed by atoms with E-state index in [0.717, 1.165) is 19.5 Å². The minimum absolute atomic E-state index is 0.0811. The van der Waals surface area contributed by atoms with Crippen molar-refractivity contribution in [1.82, 2.24) is 4.90 Å². The van der Waals surface area contributed by atoms with Crippen LogP contribution in [0.1, 0.15) is 25.8 Å². The van der Waals surface area contributed by atoms with Gasteiger partial charge < -0.3 is 4.74 Å². The predicted octanol–water partition coefficient (Wildman–Crippen LogP) is 3.09. The highest BCUT2D eigenvalue weighted by Gasteiger charge is 2.37. The zero-order valence-electron chi connectivity index (χ0n) is 12.5. The summed E-state index contributed by atoms with van der Waals surface area (Å²) in [5, 5.41) is 0.0811. The summed E-state index contributed by atoms with van der Waals surface area (Å²) in [6, 6.07) is 4.55. The summed E-state index contributed by atoms with van der Waals surface area (Å²) in [5.41, 5.74) is 0.134. The molecule has 1 unspecified atom stereocenters. The van der Waals surface area contributed by atoms with Crippen molar-refractivity contribution >= 4 is 17.4 Å². The minimum Gasteiger partial charge on any atom is -0.379 e. The van der Waals surface area contributed by atoms with E-state index in [1.807, 2.05) is 13.8 Å². The van der Waals surface area contributed by atoms with Crippen LogP contribution in [0, 0.1) is 5.82 Å². The molecule has 0 spiro atoms. The SMILES string of the molecule is CCC(C)(C(=O)Cc1ccc(Cl)c(F)c1)N1CCOCC1. The second-order valence-electron chi connectivity index (χ2n) is 5.58. The third-order valence-electron chi connectivity index (χ3n) is 4.35. The molecule has 1 aromatic carbocycles. The number of hydrogen-bond acceptors (Lipinski definition) is 3. The van der Waals surface area contributed by atoms with E-state index in [-0.39, 0.29) is 17.2 Å². The average Bonchev–Trinajstić information content (AvgIpc) is 2.51. The molecule has 0 N–H and O–H groups in total. The summed E-state index contributed by atoms with van der Waals surface area (Å²) >= 11 is 5.67. The fourth-order valence-corrected chi connectivity index (χ4v) is 2.80. The number of carbonyl (C=O) groups excluding carboxylic acids is 1. The van der Waals surface area contributed by atoms with Crippen molar-refractivity contribution < 1.29 is 13.9 Å². The number of carbonyl (C=O) groups is 1. The number of benzene rings is 1. The highest BCUT2D eigenvalue weighted by atomic mass is 35.5. The summed E-state index contributed by atoms with van der Waals surface area (Å²) in [6.45, 7) is 6.79. The number of ketones is 1. The Morgan fingerprint density at radius 3 is 2.67 bits per heavy atom. The summed E-state index contributed by atoms with van der Waals surface area (Å²) in [7, 11) is 0. The lowest BCUT2D eigenvalue weighted by molar-refractivity contribution is -0.133. The third kappa shape index (κ3) is 3.62. The van der Waals surface area contributed by atoms with Gasteiger partial charge in [0.15, 0.2) is 5.78 Å². The highest BCUT2D eigenvalue weighted by Crippen LogP contribution is 2.25. The third-order valence-corrected chi connectivity index (χ3v) is 4.65. The summed E-state index contributed by atoms with van der Waals surface area (Å²) in [5.74, 6) is -0.375. The highest BCUT2D eigenvalue weighted by molar-refractivity contribution is 6.30. The van der Waals surface area contributed by atoms with Crippen LogP contribution in [0.2, 0.25) is 5.02 Å². The first-order valence-electron chi connectivity index (χ1n) is 7.27. The number of rotatable bonds is 5. The zero-order chi connectivity index (χ0) is 15.5. The molecule has 0 amide bonds. The number of hydrogen-bond donors (Lipinski definition) is 0. The zero-order valence-corrected chi connectivity index (χ0v) is 13.3. The van der Waals surface area contributed by atoms with Crippen LogP contribution in [0.15, 0.2) is 18.2 Å². The van der Waals surface area contributed by atoms with Gasteiger partial charge in [-0.3, -0.25) is 9.69 Å². The van der Waals surface area contributed by atoms with Gasteiger partial charge in [-0.1, -0.05) is 24.6 Å². The lowest BCUT2D eigenvalue weighted by Crippen LogP contribution is -2.56. The molecule has 1 aliphatic heterocycles. The van der Waals surface area contributed by atoms with Gasteiger partial charge in [0.2, 0.25) is 0 Å². The van der Waals surface area contributed by atoms with Crippen LogP contribution in [0.25, 0.3) is 0 Å². The van der Waals surface area contributed by atoms with E-state index in [0.29, 0.717) is 18.8 Å². The molecule has 0 aromatic heterocycles. The first-order chi connectivity index (χ1) is 9.97. The fourth-order valence-electron chi connectivity index (χ4n) is 2.68. The topological polar surface area (TPSA) is 29.5 Å². The molecule has 1 heterocycles. The number of Topliss-reactive ketones (excluding diaryl/α,β-unsaturated/α-hetero) is 1. The van der Waals surface area contributed by atoms with Crippen molar-refractivity contribution in [3.63, 3.8) is 0 Å². The molecule has 5 heteroatoms. The van der Waals surface area contributed by atoms with Crippen LogP contribution in [-0.2, 0) is 16.0 Å². The lowest BCUT2D eigenvalue weighted by atomic mass is 9.87. The van der Waals surface area contributed by atoms with Crippen molar-refractivity contribution in [1.29, 1.82) is 0 Å². The van der Waals surface area contributed by atoms with Crippen molar-refractivity contribution in [2.75, 3.05) is 26.3 Å². The molecule has 0 aliphatic carbocycles. The first kappa shape index (κ1) is 16.4. The minimum atomic E-state index is -0.528. The van der Waals surface area contributed by atoms with Crippen LogP contribution >= 0.6 is 11.6 Å². The molecule has 116 valence electrons. The molecule has 1 saturated heterocycles. The van der Waals surface area contributed by atoms with Gasteiger partial charge in [-0.2, -0.15) is 0 Å². The lowest BCUT2D eigenvalue weighted by Gasteiger charge is -2.41. The Morgan fingerprint density at radius 1 is 1.43 bits per heavy atom. The van der Waals surface area contributed by atoms with Crippen LogP contribution in [0.5, 0.6) is 0 Å². The molecule has 1 aliphatic rings. The molecule has 1 fully saturated rings. The van der Waals surface area contributed by atoms with Crippen LogP contribution in [0.3, 0.4) is 0 Å². The summed E-state index contributed by atoms with van der Waals surface area (Å²) in [6.07, 6.45) is 0.942. The Balaban J connectivity index is 2.13. The normalized spacial score (nSPS) is 19.2. The molecule has 0 saturated carbocycles. The van der Waals surface area contributed by atoms with Gasteiger partial charge in [0, 0.05) is 19.5 Å². The van der Waals surface area contributed by atoms with E-state index in [1.54, 1.807) is 6.07 Å². The Morgan fingerprint density at radius 2 is 2.10 bits per heavy atom. The van der Waals surface area contributed by atoms with E-state index in [4.69, 9.17) is 16.3 Å². The van der Waals surface area contributed by atoms with Crippen molar-refractivity contribution in [3.05, 3.63) is 34.6 Å². The molecule has 3 nitrogen and oxygen atoms in total. The van der Waals surface area contributed by atoms with E-state index in [1.165, 1.54) is 12.1 Å². The van der Waals surface area contributed by atoms with Gasteiger partial charge in [0.1, 0.15) is 5.82 Å². The van der Waals surface area contributed by atoms with Gasteiger partial charge in [-0.25, -0.2) is 4.39 Å². The van der Waals surface area contributed by atoms with E-state index in [2.05, 4.69) is 4.90 Å². The Bertz CT molecular complexity index is 517. The Hall–Kier alpha value is -0.970. The van der Waals surface area contributed by atoms with Gasteiger partial charge in [0.05, 0.1) is 23.8 Å². The van der Waals surface area contributed by atoms with Gasteiger partial charge in [0.25, 0.3) is 0 Å². The van der Waals surface area contributed by atoms with Crippen molar-refractivity contribution in [2.24, 2.45) is 0 Å². The second kappa shape index (κ2) is 6.86. The molecule has 21 heavy (non-hydrogen) atoms. The van der Waals surface area contributed by atoms with Gasteiger partial charge in [-0.15, -0.1) is 0 Å². The van der Waals surface area contributed by atoms with Gasteiger partial charge >= 0.3 is 0 Å².